The van der Waals surface area contributed by atoms with E-state index in [-0.39, 0.29) is 42.7 Å². The van der Waals surface area contributed by atoms with Gasteiger partial charge in [0.15, 0.2) is 6.29 Å². The van der Waals surface area contributed by atoms with Crippen LogP contribution in [0.5, 0.6) is 0 Å². The molecule has 2 saturated heterocycles. The number of aliphatic hydroxyl groups is 1. The average molecular weight is 587 g/mol. The van der Waals surface area contributed by atoms with Gasteiger partial charge in [0.05, 0.1) is 18.8 Å². The smallest absolute Gasteiger partial charge is 0.323 e. The number of hydrogen-bond acceptors (Lipinski definition) is 7. The Balaban J connectivity index is 1.35. The lowest BCUT2D eigenvalue weighted by Gasteiger charge is -2.43. The van der Waals surface area contributed by atoms with Gasteiger partial charge in [0, 0.05) is 29.3 Å². The van der Waals surface area contributed by atoms with Crippen molar-refractivity contribution in [2.45, 2.75) is 77.3 Å². The molecule has 43 heavy (non-hydrogen) atoms. The summed E-state index contributed by atoms with van der Waals surface area (Å²) in [6.45, 7) is 9.14. The number of carbonyl (C=O) groups is 2. The fraction of sp³-hybridized carbons (Fsp3) is 0.429. The normalized spacial score (nSPS) is 24.4. The number of amides is 1. The van der Waals surface area contributed by atoms with Crippen LogP contribution in [0, 0.1) is 5.92 Å². The van der Waals surface area contributed by atoms with Crippen molar-refractivity contribution in [3.05, 3.63) is 101 Å². The van der Waals surface area contributed by atoms with E-state index in [0.29, 0.717) is 17.8 Å². The number of hydrogen-bond donors (Lipinski definition) is 2. The van der Waals surface area contributed by atoms with E-state index in [1.54, 1.807) is 12.1 Å². The van der Waals surface area contributed by atoms with Crippen LogP contribution in [0.4, 0.5) is 5.69 Å². The third-order valence-corrected chi connectivity index (χ3v) is 8.06. The summed E-state index contributed by atoms with van der Waals surface area (Å²) in [5, 5.41) is 12.5. The minimum atomic E-state index is -0.648. The second-order valence-corrected chi connectivity index (χ2v) is 12.5. The molecule has 228 valence electrons. The predicted molar refractivity (Wildman–Crippen MR) is 164 cm³/mol. The second-order valence-electron chi connectivity index (χ2n) is 12.5. The Kier molecular flexibility index (Phi) is 9.62. The van der Waals surface area contributed by atoms with Crippen molar-refractivity contribution in [1.82, 2.24) is 4.90 Å². The Bertz CT molecular complexity index is 1370. The molecule has 2 fully saturated rings. The zero-order valence-corrected chi connectivity index (χ0v) is 25.4. The molecule has 3 aromatic rings. The second kappa shape index (κ2) is 13.4. The van der Waals surface area contributed by atoms with E-state index in [4.69, 9.17) is 14.2 Å². The van der Waals surface area contributed by atoms with Gasteiger partial charge in [-0.2, -0.15) is 0 Å². The fourth-order valence-corrected chi connectivity index (χ4v) is 5.76. The van der Waals surface area contributed by atoms with Crippen molar-refractivity contribution in [3.8, 4) is 0 Å². The SMILES string of the molecule is C[C@@H]1[C@H](CN2CCC[C@H]2C(=O)OC(C)(C)C)O[C@H](c2ccc(NC(=O)c3ccccc3)cc2)O[C@@H]1c1ccc(CO)cc1. The van der Waals surface area contributed by atoms with Crippen molar-refractivity contribution in [3.63, 3.8) is 0 Å². The molecule has 0 aliphatic carbocycles. The summed E-state index contributed by atoms with van der Waals surface area (Å²) in [5.74, 6) is -0.380. The average Bonchev–Trinajstić information content (AvgIpc) is 3.47. The number of nitrogens with one attached hydrogen (secondary N) is 1. The van der Waals surface area contributed by atoms with Crippen molar-refractivity contribution in [1.29, 1.82) is 0 Å². The van der Waals surface area contributed by atoms with E-state index in [0.717, 1.165) is 36.1 Å². The largest absolute Gasteiger partial charge is 0.459 e. The number of esters is 1. The molecule has 0 spiro atoms. The summed E-state index contributed by atoms with van der Waals surface area (Å²) in [5.41, 5.74) is 3.38. The quantitative estimate of drug-likeness (QED) is 0.311. The molecule has 2 heterocycles. The molecule has 8 nitrogen and oxygen atoms in total. The number of likely N-dealkylation sites (tertiary alicyclic amines) is 1. The van der Waals surface area contributed by atoms with Gasteiger partial charge in [-0.15, -0.1) is 0 Å². The van der Waals surface area contributed by atoms with Crippen molar-refractivity contribution in [2.75, 3.05) is 18.4 Å². The first-order valence-corrected chi connectivity index (χ1v) is 15.0. The van der Waals surface area contributed by atoms with E-state index in [2.05, 4.69) is 17.1 Å². The van der Waals surface area contributed by atoms with Crippen molar-refractivity contribution < 1.29 is 28.9 Å². The van der Waals surface area contributed by atoms with Crippen molar-refractivity contribution in [2.24, 2.45) is 5.92 Å². The van der Waals surface area contributed by atoms with E-state index >= 15 is 0 Å². The molecule has 5 rings (SSSR count). The molecule has 1 amide bonds. The van der Waals surface area contributed by atoms with Gasteiger partial charge in [-0.3, -0.25) is 14.5 Å². The van der Waals surface area contributed by atoms with E-state index in [9.17, 15) is 14.7 Å². The first-order chi connectivity index (χ1) is 20.6. The van der Waals surface area contributed by atoms with E-state index in [1.807, 2.05) is 87.5 Å². The molecule has 3 aromatic carbocycles. The zero-order valence-electron chi connectivity index (χ0n) is 25.4. The highest BCUT2D eigenvalue weighted by Gasteiger charge is 2.42. The summed E-state index contributed by atoms with van der Waals surface area (Å²) >= 11 is 0. The van der Waals surface area contributed by atoms with Gasteiger partial charge in [-0.25, -0.2) is 0 Å². The summed E-state index contributed by atoms with van der Waals surface area (Å²) in [6.07, 6.45) is 0.550. The number of ether oxygens (including phenoxy) is 3. The molecular weight excluding hydrogens is 544 g/mol. The molecule has 2 aliphatic rings. The first-order valence-electron chi connectivity index (χ1n) is 15.0. The number of anilines is 1. The molecule has 0 aromatic heterocycles. The van der Waals surface area contributed by atoms with Gasteiger partial charge in [0.1, 0.15) is 11.6 Å². The van der Waals surface area contributed by atoms with Crippen molar-refractivity contribution >= 4 is 17.6 Å². The molecule has 0 unspecified atom stereocenters. The van der Waals surface area contributed by atoms with Crippen LogP contribution in [-0.4, -0.2) is 52.7 Å². The standard InChI is InChI=1S/C35H42N2O6/c1-23-30(21-37-20-8-11-29(37)33(40)43-35(2,3)4)41-34(42-31(23)25-14-12-24(22-38)13-15-25)27-16-18-28(19-17-27)36-32(39)26-9-6-5-7-10-26/h5-7,9-10,12-19,23,29-31,34,38H,8,11,20-22H2,1-4H3,(H,36,39)/t23-,29+,30+,31+,34+/m1/s1. The number of benzene rings is 3. The Morgan fingerprint density at radius 2 is 1.63 bits per heavy atom. The Labute approximate surface area is 254 Å². The maximum Gasteiger partial charge on any atom is 0.323 e. The monoisotopic (exact) mass is 586 g/mol. The first kappa shape index (κ1) is 30.9. The highest BCUT2D eigenvalue weighted by molar-refractivity contribution is 6.04. The Morgan fingerprint density at radius 3 is 2.28 bits per heavy atom. The van der Waals surface area contributed by atoms with Crippen LogP contribution in [0.25, 0.3) is 0 Å². The summed E-state index contributed by atoms with van der Waals surface area (Å²) in [6, 6.07) is 24.1. The number of aliphatic hydroxyl groups excluding tert-OH is 1. The van der Waals surface area contributed by atoms with Crippen LogP contribution >= 0.6 is 0 Å². The summed E-state index contributed by atoms with van der Waals surface area (Å²) < 4.78 is 18.9. The van der Waals surface area contributed by atoms with Crippen LogP contribution < -0.4 is 5.32 Å². The Hall–Kier alpha value is -3.56. The molecule has 0 bridgehead atoms. The zero-order chi connectivity index (χ0) is 30.6. The highest BCUT2D eigenvalue weighted by atomic mass is 16.7. The molecular formula is C35H42N2O6. The molecule has 5 atom stereocenters. The number of rotatable bonds is 8. The molecule has 8 heteroatoms. The van der Waals surface area contributed by atoms with E-state index < -0.39 is 11.9 Å². The molecule has 2 aliphatic heterocycles. The van der Waals surface area contributed by atoms with Crippen LogP contribution in [0.3, 0.4) is 0 Å². The van der Waals surface area contributed by atoms with Gasteiger partial charge >= 0.3 is 5.97 Å². The molecule has 0 saturated carbocycles. The third-order valence-electron chi connectivity index (χ3n) is 8.06. The van der Waals surface area contributed by atoms with Gasteiger partial charge in [0.2, 0.25) is 0 Å². The highest BCUT2D eigenvalue weighted by Crippen LogP contribution is 2.42. The lowest BCUT2D eigenvalue weighted by atomic mass is 9.90. The predicted octanol–water partition coefficient (Wildman–Crippen LogP) is 6.03. The molecule has 0 radical (unpaired) electrons. The van der Waals surface area contributed by atoms with Crippen LogP contribution in [-0.2, 0) is 25.6 Å². The number of nitrogens with zero attached hydrogens (tertiary/aromatic N) is 1. The molecule has 2 N–H and O–H groups in total. The third kappa shape index (κ3) is 7.70. The summed E-state index contributed by atoms with van der Waals surface area (Å²) in [4.78, 5) is 27.9. The number of carbonyl (C=O) groups excluding carboxylic acids is 2. The van der Waals surface area contributed by atoms with Gasteiger partial charge in [0.25, 0.3) is 5.91 Å². The van der Waals surface area contributed by atoms with E-state index in [1.165, 1.54) is 0 Å². The van der Waals surface area contributed by atoms with Gasteiger partial charge in [-0.05, 0) is 75.5 Å². The van der Waals surface area contributed by atoms with Crippen LogP contribution in [0.1, 0.15) is 80.0 Å². The lowest BCUT2D eigenvalue weighted by molar-refractivity contribution is -0.276. The maximum atomic E-state index is 13.0. The van der Waals surface area contributed by atoms with Crippen LogP contribution in [0.2, 0.25) is 0 Å². The summed E-state index contributed by atoms with van der Waals surface area (Å²) in [7, 11) is 0. The van der Waals surface area contributed by atoms with Crippen LogP contribution in [0.15, 0.2) is 78.9 Å². The maximum absolute atomic E-state index is 13.0. The fourth-order valence-electron chi connectivity index (χ4n) is 5.76. The topological polar surface area (TPSA) is 97.3 Å². The minimum Gasteiger partial charge on any atom is -0.459 e. The Morgan fingerprint density at radius 1 is 0.953 bits per heavy atom. The van der Waals surface area contributed by atoms with Gasteiger partial charge < -0.3 is 24.6 Å². The lowest BCUT2D eigenvalue weighted by Crippen LogP contribution is -2.48. The van der Waals surface area contributed by atoms with Gasteiger partial charge in [-0.1, -0.05) is 61.5 Å². The minimum absolute atomic E-state index is 0.0134.